The van der Waals surface area contributed by atoms with E-state index in [0.29, 0.717) is 12.5 Å². The molecule has 0 saturated heterocycles. The fourth-order valence-corrected chi connectivity index (χ4v) is 3.26. The molecule has 0 radical (unpaired) electrons. The Balaban J connectivity index is 2.23. The van der Waals surface area contributed by atoms with E-state index in [0.717, 1.165) is 23.6 Å². The normalized spacial score (nSPS) is 19.4. The molecule has 0 amide bonds. The van der Waals surface area contributed by atoms with E-state index in [9.17, 15) is 0 Å². The Morgan fingerprint density at radius 1 is 1.29 bits per heavy atom. The SMILES string of the molecule is CCOC(c1nc(C)cc(CC(C)N)n1)C1CCCCC1. The minimum absolute atomic E-state index is 0.0435. The second-order valence-corrected chi connectivity index (χ2v) is 6.31. The number of nitrogens with zero attached hydrogens (tertiary/aromatic N) is 2. The van der Waals surface area contributed by atoms with E-state index in [1.54, 1.807) is 0 Å². The summed E-state index contributed by atoms with van der Waals surface area (Å²) in [7, 11) is 0. The molecule has 1 aromatic rings. The summed E-state index contributed by atoms with van der Waals surface area (Å²) in [5.41, 5.74) is 7.96. The summed E-state index contributed by atoms with van der Waals surface area (Å²) in [4.78, 5) is 9.41. The lowest BCUT2D eigenvalue weighted by molar-refractivity contribution is -0.000430. The van der Waals surface area contributed by atoms with Crippen molar-refractivity contribution in [3.63, 3.8) is 0 Å². The molecule has 1 aromatic heterocycles. The molecule has 1 aliphatic carbocycles. The highest BCUT2D eigenvalue weighted by molar-refractivity contribution is 5.13. The summed E-state index contributed by atoms with van der Waals surface area (Å²) in [5.74, 6) is 1.42. The summed E-state index contributed by atoms with van der Waals surface area (Å²) >= 11 is 0. The molecule has 0 aromatic carbocycles. The van der Waals surface area contributed by atoms with Crippen LogP contribution in [0.15, 0.2) is 6.07 Å². The van der Waals surface area contributed by atoms with Gasteiger partial charge in [0.25, 0.3) is 0 Å². The van der Waals surface area contributed by atoms with Crippen molar-refractivity contribution in [2.24, 2.45) is 11.7 Å². The maximum atomic E-state index is 6.03. The van der Waals surface area contributed by atoms with E-state index in [1.165, 1.54) is 32.1 Å². The number of rotatable bonds is 6. The predicted molar refractivity (Wildman–Crippen MR) is 85.1 cm³/mol. The second-order valence-electron chi connectivity index (χ2n) is 6.31. The second kappa shape index (κ2) is 7.85. The molecule has 0 aliphatic heterocycles. The first-order valence-electron chi connectivity index (χ1n) is 8.31. The molecular formula is C17H29N3O. The summed E-state index contributed by atoms with van der Waals surface area (Å²) < 4.78 is 6.03. The Kier molecular flexibility index (Phi) is 6.12. The van der Waals surface area contributed by atoms with Gasteiger partial charge in [-0.1, -0.05) is 19.3 Å². The van der Waals surface area contributed by atoms with Gasteiger partial charge in [0.2, 0.25) is 0 Å². The molecule has 118 valence electrons. The summed E-state index contributed by atoms with van der Waals surface area (Å²) in [6.45, 7) is 6.80. The highest BCUT2D eigenvalue weighted by Crippen LogP contribution is 2.35. The number of hydrogen-bond donors (Lipinski definition) is 1. The minimum Gasteiger partial charge on any atom is -0.370 e. The van der Waals surface area contributed by atoms with Gasteiger partial charge in [0.05, 0.1) is 0 Å². The van der Waals surface area contributed by atoms with Crippen LogP contribution >= 0.6 is 0 Å². The fourth-order valence-electron chi connectivity index (χ4n) is 3.26. The van der Waals surface area contributed by atoms with Gasteiger partial charge in [0, 0.05) is 30.5 Å². The van der Waals surface area contributed by atoms with Gasteiger partial charge in [-0.2, -0.15) is 0 Å². The van der Waals surface area contributed by atoms with E-state index in [-0.39, 0.29) is 12.1 Å². The van der Waals surface area contributed by atoms with Crippen molar-refractivity contribution in [1.82, 2.24) is 9.97 Å². The van der Waals surface area contributed by atoms with Crippen LogP contribution in [0.5, 0.6) is 0 Å². The van der Waals surface area contributed by atoms with Crippen molar-refractivity contribution in [3.05, 3.63) is 23.3 Å². The van der Waals surface area contributed by atoms with Crippen LogP contribution < -0.4 is 5.73 Å². The standard InChI is InChI=1S/C17H29N3O/c1-4-21-16(14-8-6-5-7-9-14)17-19-13(3)11-15(20-17)10-12(2)18/h11-12,14,16H,4-10,18H2,1-3H3. The molecule has 2 rings (SSSR count). The first-order chi connectivity index (χ1) is 10.1. The van der Waals surface area contributed by atoms with Crippen molar-refractivity contribution >= 4 is 0 Å². The quantitative estimate of drug-likeness (QED) is 0.873. The number of ether oxygens (including phenoxy) is 1. The van der Waals surface area contributed by atoms with Gasteiger partial charge in [-0.25, -0.2) is 9.97 Å². The first-order valence-corrected chi connectivity index (χ1v) is 8.31. The Hall–Kier alpha value is -1.00. The molecule has 2 atom stereocenters. The molecule has 1 heterocycles. The van der Waals surface area contributed by atoms with Crippen molar-refractivity contribution in [2.75, 3.05) is 6.61 Å². The van der Waals surface area contributed by atoms with Crippen molar-refractivity contribution in [3.8, 4) is 0 Å². The Morgan fingerprint density at radius 3 is 2.62 bits per heavy atom. The van der Waals surface area contributed by atoms with E-state index < -0.39 is 0 Å². The third kappa shape index (κ3) is 4.75. The third-order valence-corrected chi connectivity index (χ3v) is 4.13. The zero-order valence-corrected chi connectivity index (χ0v) is 13.6. The fraction of sp³-hybridized carbons (Fsp3) is 0.765. The molecule has 0 bridgehead atoms. The van der Waals surface area contributed by atoms with Gasteiger partial charge in [0.15, 0.2) is 5.82 Å². The molecule has 2 N–H and O–H groups in total. The van der Waals surface area contributed by atoms with Crippen LogP contribution in [0.4, 0.5) is 0 Å². The molecule has 4 nitrogen and oxygen atoms in total. The average molecular weight is 291 g/mol. The maximum Gasteiger partial charge on any atom is 0.157 e. The highest BCUT2D eigenvalue weighted by atomic mass is 16.5. The van der Waals surface area contributed by atoms with Crippen LogP contribution in [0.2, 0.25) is 0 Å². The molecule has 4 heteroatoms. The molecule has 21 heavy (non-hydrogen) atoms. The van der Waals surface area contributed by atoms with Gasteiger partial charge >= 0.3 is 0 Å². The lowest BCUT2D eigenvalue weighted by Crippen LogP contribution is -2.23. The van der Waals surface area contributed by atoms with Crippen molar-refractivity contribution < 1.29 is 4.74 Å². The summed E-state index contributed by atoms with van der Waals surface area (Å²) in [6.07, 6.45) is 7.23. The molecule has 1 fully saturated rings. The molecule has 2 unspecified atom stereocenters. The maximum absolute atomic E-state index is 6.03. The van der Waals surface area contributed by atoms with Crippen molar-refractivity contribution in [1.29, 1.82) is 0 Å². The zero-order chi connectivity index (χ0) is 15.2. The number of hydrogen-bond acceptors (Lipinski definition) is 4. The smallest absolute Gasteiger partial charge is 0.157 e. The summed E-state index contributed by atoms with van der Waals surface area (Å²) in [6, 6.07) is 2.16. The average Bonchev–Trinajstić information content (AvgIpc) is 2.44. The van der Waals surface area contributed by atoms with Crippen LogP contribution in [0.3, 0.4) is 0 Å². The van der Waals surface area contributed by atoms with Crippen LogP contribution in [-0.2, 0) is 11.2 Å². The van der Waals surface area contributed by atoms with Gasteiger partial charge in [-0.05, 0) is 45.6 Å². The monoisotopic (exact) mass is 291 g/mol. The van der Waals surface area contributed by atoms with E-state index in [1.807, 2.05) is 19.9 Å². The third-order valence-electron chi connectivity index (χ3n) is 4.13. The van der Waals surface area contributed by atoms with Gasteiger partial charge in [0.1, 0.15) is 6.10 Å². The van der Waals surface area contributed by atoms with Gasteiger partial charge < -0.3 is 10.5 Å². The van der Waals surface area contributed by atoms with E-state index >= 15 is 0 Å². The van der Waals surface area contributed by atoms with Crippen LogP contribution in [0, 0.1) is 12.8 Å². The lowest BCUT2D eigenvalue weighted by Gasteiger charge is -2.29. The number of aromatic nitrogens is 2. The van der Waals surface area contributed by atoms with Crippen LogP contribution in [-0.4, -0.2) is 22.6 Å². The van der Waals surface area contributed by atoms with Crippen LogP contribution in [0.25, 0.3) is 0 Å². The molecular weight excluding hydrogens is 262 g/mol. The van der Waals surface area contributed by atoms with Crippen molar-refractivity contribution in [2.45, 2.75) is 71.4 Å². The molecule has 0 spiro atoms. The van der Waals surface area contributed by atoms with Gasteiger partial charge in [-0.15, -0.1) is 0 Å². The summed E-state index contributed by atoms with van der Waals surface area (Å²) in [5, 5.41) is 0. The molecule has 1 saturated carbocycles. The lowest BCUT2D eigenvalue weighted by atomic mass is 9.84. The Labute approximate surface area is 128 Å². The largest absolute Gasteiger partial charge is 0.370 e. The zero-order valence-electron chi connectivity index (χ0n) is 13.6. The topological polar surface area (TPSA) is 61.0 Å². The van der Waals surface area contributed by atoms with E-state index in [4.69, 9.17) is 15.5 Å². The first kappa shape index (κ1) is 16.4. The number of nitrogens with two attached hydrogens (primary N) is 1. The molecule has 1 aliphatic rings. The number of aryl methyl sites for hydroxylation is 1. The van der Waals surface area contributed by atoms with E-state index in [2.05, 4.69) is 11.9 Å². The predicted octanol–water partition coefficient (Wildman–Crippen LogP) is 3.33. The van der Waals surface area contributed by atoms with Crippen LogP contribution in [0.1, 0.15) is 69.3 Å². The minimum atomic E-state index is 0.0435. The highest BCUT2D eigenvalue weighted by Gasteiger charge is 2.28. The Bertz CT molecular complexity index is 442. The Morgan fingerprint density at radius 2 is 2.00 bits per heavy atom. The van der Waals surface area contributed by atoms with Gasteiger partial charge in [-0.3, -0.25) is 0 Å².